The molecule has 0 saturated heterocycles. The summed E-state index contributed by atoms with van der Waals surface area (Å²) in [5.41, 5.74) is 1.80. The van der Waals surface area contributed by atoms with Gasteiger partial charge in [0, 0.05) is 17.8 Å². The summed E-state index contributed by atoms with van der Waals surface area (Å²) in [6.45, 7) is 0. The molecule has 0 atom stereocenters. The average Bonchev–Trinajstić information content (AvgIpc) is 2.44. The Morgan fingerprint density at radius 3 is 2.40 bits per heavy atom. The van der Waals surface area contributed by atoms with Crippen LogP contribution >= 0.6 is 0 Å². The average molecular weight is 283 g/mol. The predicted molar refractivity (Wildman–Crippen MR) is 64.1 cm³/mol. The van der Waals surface area contributed by atoms with Crippen molar-refractivity contribution < 1.29 is 18.0 Å². The Morgan fingerprint density at radius 2 is 1.80 bits per heavy atom. The minimum absolute atomic E-state index is 0.133. The molecule has 4 N–H and O–H groups in total. The van der Waals surface area contributed by atoms with Crippen LogP contribution in [0.25, 0.3) is 0 Å². The summed E-state index contributed by atoms with van der Waals surface area (Å²) in [6.07, 6.45) is 2.40. The van der Waals surface area contributed by atoms with Crippen molar-refractivity contribution >= 4 is 17.4 Å². The van der Waals surface area contributed by atoms with Crippen LogP contribution in [-0.2, 0) is 0 Å². The topological polar surface area (TPSA) is 92.9 Å². The van der Waals surface area contributed by atoms with Crippen molar-refractivity contribution in [1.29, 1.82) is 0 Å². The molecule has 0 spiro atoms. The van der Waals surface area contributed by atoms with Crippen LogP contribution in [0.15, 0.2) is 24.5 Å². The summed E-state index contributed by atoms with van der Waals surface area (Å²) in [4.78, 5) is 19.2. The van der Waals surface area contributed by atoms with Gasteiger partial charge < -0.3 is 10.7 Å². The van der Waals surface area contributed by atoms with Gasteiger partial charge in [-0.2, -0.15) is 0 Å². The number of amides is 1. The van der Waals surface area contributed by atoms with Gasteiger partial charge in [0.15, 0.2) is 23.3 Å². The number of benzene rings is 1. The summed E-state index contributed by atoms with van der Waals surface area (Å²) < 4.78 is 38.7. The molecule has 20 heavy (non-hydrogen) atoms. The first kappa shape index (κ1) is 13.7. The molecule has 0 radical (unpaired) electrons. The van der Waals surface area contributed by atoms with E-state index in [1.54, 1.807) is 0 Å². The van der Waals surface area contributed by atoms with Gasteiger partial charge >= 0.3 is 0 Å². The lowest BCUT2D eigenvalue weighted by Crippen LogP contribution is -2.17. The quantitative estimate of drug-likeness (QED) is 0.450. The first-order valence-electron chi connectivity index (χ1n) is 5.26. The van der Waals surface area contributed by atoms with Crippen molar-refractivity contribution in [3.05, 3.63) is 47.7 Å². The van der Waals surface area contributed by atoms with Crippen LogP contribution < -0.4 is 16.6 Å². The first-order chi connectivity index (χ1) is 9.51. The van der Waals surface area contributed by atoms with Gasteiger partial charge in [-0.1, -0.05) is 0 Å². The highest BCUT2D eigenvalue weighted by Crippen LogP contribution is 2.17. The molecule has 9 heteroatoms. The van der Waals surface area contributed by atoms with Gasteiger partial charge in [0.05, 0.1) is 12.4 Å². The van der Waals surface area contributed by atoms with Crippen LogP contribution in [0.3, 0.4) is 0 Å². The molecule has 6 nitrogen and oxygen atoms in total. The number of anilines is 2. The fourth-order valence-electron chi connectivity index (χ4n) is 1.37. The van der Waals surface area contributed by atoms with E-state index in [9.17, 15) is 18.0 Å². The molecule has 2 aromatic rings. The predicted octanol–water partition coefficient (Wildman–Crippen LogP) is 1.43. The molecular formula is C11H8F3N5O. The monoisotopic (exact) mass is 283 g/mol. The lowest BCUT2D eigenvalue weighted by molar-refractivity contribution is 0.102. The Balaban J connectivity index is 2.23. The van der Waals surface area contributed by atoms with Crippen molar-refractivity contribution in [1.82, 2.24) is 9.97 Å². The van der Waals surface area contributed by atoms with Gasteiger partial charge in [0.25, 0.3) is 5.91 Å². The van der Waals surface area contributed by atoms with Gasteiger partial charge in [-0.05, 0) is 0 Å². The summed E-state index contributed by atoms with van der Waals surface area (Å²) in [7, 11) is 0. The Labute approximate surface area is 110 Å². The van der Waals surface area contributed by atoms with Crippen molar-refractivity contribution in [3.8, 4) is 0 Å². The number of nitrogen functional groups attached to an aromatic ring is 1. The first-order valence-corrected chi connectivity index (χ1v) is 5.26. The zero-order chi connectivity index (χ0) is 14.7. The highest BCUT2D eigenvalue weighted by atomic mass is 19.2. The smallest absolute Gasteiger partial charge is 0.275 e. The molecule has 2 rings (SSSR count). The van der Waals surface area contributed by atoms with E-state index in [4.69, 9.17) is 5.84 Å². The van der Waals surface area contributed by atoms with Crippen molar-refractivity contribution in [2.45, 2.75) is 0 Å². The maximum atomic E-state index is 13.0. The molecule has 1 aromatic carbocycles. The standard InChI is InChI=1S/C11H8F3N5O/c12-6-1-5(2-7(13)10(6)14)17-11(20)8-3-16-4-9(18-8)19-15/h1-4H,15H2,(H,17,20)(H,18,19). The summed E-state index contributed by atoms with van der Waals surface area (Å²) >= 11 is 0. The number of hydrogen-bond donors (Lipinski definition) is 3. The van der Waals surface area contributed by atoms with Crippen LogP contribution in [0, 0.1) is 17.5 Å². The van der Waals surface area contributed by atoms with Crippen LogP contribution in [0.1, 0.15) is 10.5 Å². The van der Waals surface area contributed by atoms with Gasteiger partial charge in [-0.25, -0.2) is 24.0 Å². The van der Waals surface area contributed by atoms with Gasteiger partial charge in [-0.3, -0.25) is 9.78 Å². The number of nitrogens with zero attached hydrogens (tertiary/aromatic N) is 2. The van der Waals surface area contributed by atoms with E-state index < -0.39 is 23.4 Å². The molecule has 0 aliphatic carbocycles. The minimum atomic E-state index is -1.61. The van der Waals surface area contributed by atoms with E-state index in [0.29, 0.717) is 12.1 Å². The molecule has 0 unspecified atom stereocenters. The van der Waals surface area contributed by atoms with Crippen LogP contribution in [0.5, 0.6) is 0 Å². The number of carbonyl (C=O) groups is 1. The lowest BCUT2D eigenvalue weighted by Gasteiger charge is -2.06. The zero-order valence-corrected chi connectivity index (χ0v) is 9.82. The third-order valence-corrected chi connectivity index (χ3v) is 2.26. The molecule has 1 aromatic heterocycles. The number of rotatable bonds is 3. The lowest BCUT2D eigenvalue weighted by atomic mass is 10.2. The summed E-state index contributed by atoms with van der Waals surface area (Å²) in [6, 6.07) is 1.30. The largest absolute Gasteiger partial charge is 0.320 e. The Morgan fingerprint density at radius 1 is 1.15 bits per heavy atom. The molecule has 0 aliphatic rings. The third-order valence-electron chi connectivity index (χ3n) is 2.26. The van der Waals surface area contributed by atoms with E-state index in [-0.39, 0.29) is 17.2 Å². The minimum Gasteiger partial charge on any atom is -0.320 e. The second-order valence-electron chi connectivity index (χ2n) is 3.64. The van der Waals surface area contributed by atoms with Crippen LogP contribution in [-0.4, -0.2) is 15.9 Å². The second-order valence-corrected chi connectivity index (χ2v) is 3.64. The highest BCUT2D eigenvalue weighted by Gasteiger charge is 2.14. The number of carbonyl (C=O) groups excluding carboxylic acids is 1. The van der Waals surface area contributed by atoms with Crippen molar-refractivity contribution in [2.75, 3.05) is 10.7 Å². The van der Waals surface area contributed by atoms with E-state index in [0.717, 1.165) is 6.20 Å². The number of nitrogens with two attached hydrogens (primary N) is 1. The normalized spacial score (nSPS) is 10.2. The van der Waals surface area contributed by atoms with Crippen molar-refractivity contribution in [3.63, 3.8) is 0 Å². The SMILES string of the molecule is NNc1cncc(C(=O)Nc2cc(F)c(F)c(F)c2)n1. The van der Waals surface area contributed by atoms with E-state index in [2.05, 4.69) is 20.7 Å². The Kier molecular flexibility index (Phi) is 3.80. The molecule has 0 fully saturated rings. The van der Waals surface area contributed by atoms with Gasteiger partial charge in [0.1, 0.15) is 5.69 Å². The molecule has 1 heterocycles. The highest BCUT2D eigenvalue weighted by molar-refractivity contribution is 6.02. The van der Waals surface area contributed by atoms with E-state index in [1.165, 1.54) is 6.20 Å². The molecule has 0 saturated carbocycles. The third kappa shape index (κ3) is 2.83. The van der Waals surface area contributed by atoms with Gasteiger partial charge in [0.2, 0.25) is 0 Å². The number of hydrogen-bond acceptors (Lipinski definition) is 5. The maximum absolute atomic E-state index is 13.0. The number of nitrogens with one attached hydrogen (secondary N) is 2. The van der Waals surface area contributed by atoms with Gasteiger partial charge in [-0.15, -0.1) is 0 Å². The van der Waals surface area contributed by atoms with E-state index in [1.807, 2.05) is 0 Å². The molecule has 0 bridgehead atoms. The molecular weight excluding hydrogens is 275 g/mol. The number of halogens is 3. The Bertz CT molecular complexity index is 641. The molecule has 104 valence electrons. The zero-order valence-electron chi connectivity index (χ0n) is 9.82. The van der Waals surface area contributed by atoms with Crippen molar-refractivity contribution in [2.24, 2.45) is 5.84 Å². The number of aromatic nitrogens is 2. The molecule has 0 aliphatic heterocycles. The number of hydrazine groups is 1. The second kappa shape index (κ2) is 5.53. The van der Waals surface area contributed by atoms with Crippen LogP contribution in [0.2, 0.25) is 0 Å². The fourth-order valence-corrected chi connectivity index (χ4v) is 1.37. The Hall–Kier alpha value is -2.68. The summed E-state index contributed by atoms with van der Waals surface area (Å²) in [5.74, 6) is 0.0183. The van der Waals surface area contributed by atoms with E-state index >= 15 is 0 Å². The molecule has 1 amide bonds. The fraction of sp³-hybridized carbons (Fsp3) is 0. The maximum Gasteiger partial charge on any atom is 0.275 e. The van der Waals surface area contributed by atoms with Crippen LogP contribution in [0.4, 0.5) is 24.7 Å². The summed E-state index contributed by atoms with van der Waals surface area (Å²) in [5, 5.41) is 2.16.